The molecule has 1 aliphatic carbocycles. The second kappa shape index (κ2) is 6.18. The van der Waals surface area contributed by atoms with Gasteiger partial charge < -0.3 is 9.84 Å². The van der Waals surface area contributed by atoms with Gasteiger partial charge in [0.15, 0.2) is 0 Å². The van der Waals surface area contributed by atoms with Gasteiger partial charge in [0.2, 0.25) is 0 Å². The molecule has 1 heterocycles. The molecule has 2 unspecified atom stereocenters. The third-order valence-corrected chi connectivity index (χ3v) is 5.23. The monoisotopic (exact) mass is 288 g/mol. The van der Waals surface area contributed by atoms with Gasteiger partial charge in [-0.05, 0) is 43.6 Å². The number of hydrogen-bond donors (Lipinski definition) is 1. The van der Waals surface area contributed by atoms with Gasteiger partial charge in [0, 0.05) is 6.61 Å². The summed E-state index contributed by atoms with van der Waals surface area (Å²) in [7, 11) is 0. The van der Waals surface area contributed by atoms with Gasteiger partial charge in [0.05, 0.1) is 11.5 Å². The average molecular weight is 288 g/mol. The molecule has 0 aromatic heterocycles. The fourth-order valence-electron chi connectivity index (χ4n) is 4.10. The molecule has 0 amide bonds. The van der Waals surface area contributed by atoms with Gasteiger partial charge in [-0.1, -0.05) is 43.2 Å². The molecule has 2 fully saturated rings. The zero-order valence-corrected chi connectivity index (χ0v) is 12.5. The summed E-state index contributed by atoms with van der Waals surface area (Å²) in [5.41, 5.74) is 1.12. The molecule has 2 atom stereocenters. The number of hydrogen-bond acceptors (Lipinski definition) is 2. The van der Waals surface area contributed by atoms with Gasteiger partial charge in [-0.2, -0.15) is 0 Å². The Bertz CT molecular complexity index is 476. The Hall–Kier alpha value is -1.35. The lowest BCUT2D eigenvalue weighted by molar-refractivity contribution is -0.149. The van der Waals surface area contributed by atoms with Crippen molar-refractivity contribution < 1.29 is 14.6 Å². The van der Waals surface area contributed by atoms with E-state index in [0.717, 1.165) is 37.9 Å². The summed E-state index contributed by atoms with van der Waals surface area (Å²) in [5.74, 6) is -0.692. The summed E-state index contributed by atoms with van der Waals surface area (Å²) in [4.78, 5) is 11.8. The quantitative estimate of drug-likeness (QED) is 0.919. The molecule has 3 rings (SSSR count). The van der Waals surface area contributed by atoms with Crippen molar-refractivity contribution in [3.63, 3.8) is 0 Å². The van der Waals surface area contributed by atoms with Crippen molar-refractivity contribution >= 4 is 5.97 Å². The zero-order chi connectivity index (χ0) is 14.7. The van der Waals surface area contributed by atoms with E-state index in [1.165, 1.54) is 12.8 Å². The van der Waals surface area contributed by atoms with Gasteiger partial charge in [0.1, 0.15) is 0 Å². The fraction of sp³-hybridized carbons (Fsp3) is 0.611. The van der Waals surface area contributed by atoms with Crippen LogP contribution in [0.5, 0.6) is 0 Å². The highest BCUT2D eigenvalue weighted by Gasteiger charge is 2.43. The van der Waals surface area contributed by atoms with Crippen LogP contribution in [-0.4, -0.2) is 23.3 Å². The first-order valence-electron chi connectivity index (χ1n) is 8.09. The van der Waals surface area contributed by atoms with Crippen molar-refractivity contribution in [2.45, 2.75) is 50.5 Å². The van der Waals surface area contributed by atoms with Crippen molar-refractivity contribution in [3.05, 3.63) is 35.9 Å². The predicted octanol–water partition coefficient (Wildman–Crippen LogP) is 3.67. The predicted molar refractivity (Wildman–Crippen MR) is 81.1 cm³/mol. The molecule has 0 radical (unpaired) electrons. The lowest BCUT2D eigenvalue weighted by Gasteiger charge is -2.40. The topological polar surface area (TPSA) is 46.5 Å². The summed E-state index contributed by atoms with van der Waals surface area (Å²) < 4.78 is 6.04. The second-order valence-corrected chi connectivity index (χ2v) is 6.63. The Kier molecular flexibility index (Phi) is 4.29. The van der Waals surface area contributed by atoms with E-state index in [0.29, 0.717) is 6.42 Å². The van der Waals surface area contributed by atoms with Crippen LogP contribution < -0.4 is 0 Å². The second-order valence-electron chi connectivity index (χ2n) is 6.63. The van der Waals surface area contributed by atoms with Crippen LogP contribution in [0, 0.1) is 11.8 Å². The van der Waals surface area contributed by atoms with Crippen LogP contribution in [-0.2, 0) is 16.0 Å². The van der Waals surface area contributed by atoms with E-state index in [9.17, 15) is 9.90 Å². The van der Waals surface area contributed by atoms with Gasteiger partial charge >= 0.3 is 5.97 Å². The molecule has 0 bridgehead atoms. The molecular weight excluding hydrogens is 264 g/mol. The molecule has 21 heavy (non-hydrogen) atoms. The highest BCUT2D eigenvalue weighted by Crippen LogP contribution is 2.44. The minimum atomic E-state index is -0.654. The molecule has 114 valence electrons. The number of carbonyl (C=O) groups is 1. The molecule has 1 saturated carbocycles. The third-order valence-electron chi connectivity index (χ3n) is 5.23. The van der Waals surface area contributed by atoms with Crippen LogP contribution in [0.1, 0.15) is 44.1 Å². The van der Waals surface area contributed by atoms with E-state index < -0.39 is 5.97 Å². The van der Waals surface area contributed by atoms with Crippen LogP contribution in [0.25, 0.3) is 0 Å². The summed E-state index contributed by atoms with van der Waals surface area (Å²) in [6.45, 7) is 0.725. The maximum atomic E-state index is 11.8. The maximum absolute atomic E-state index is 11.8. The SMILES string of the molecule is O=C(O)C(Cc1ccccc1)C1CCOC2(CCCC2)C1. The van der Waals surface area contributed by atoms with Gasteiger partial charge in [-0.3, -0.25) is 4.79 Å². The Morgan fingerprint density at radius 3 is 2.67 bits per heavy atom. The normalized spacial score (nSPS) is 25.8. The number of carboxylic acids is 1. The molecule has 3 nitrogen and oxygen atoms in total. The Balaban J connectivity index is 1.73. The van der Waals surface area contributed by atoms with Crippen LogP contribution in [0.15, 0.2) is 30.3 Å². The van der Waals surface area contributed by atoms with Crippen LogP contribution in [0.2, 0.25) is 0 Å². The van der Waals surface area contributed by atoms with Crippen molar-refractivity contribution in [2.24, 2.45) is 11.8 Å². The van der Waals surface area contributed by atoms with E-state index in [1.807, 2.05) is 30.3 Å². The summed E-state index contributed by atoms with van der Waals surface area (Å²) >= 11 is 0. The summed E-state index contributed by atoms with van der Waals surface area (Å²) in [5, 5.41) is 9.68. The van der Waals surface area contributed by atoms with Gasteiger partial charge in [0.25, 0.3) is 0 Å². The number of benzene rings is 1. The first-order valence-corrected chi connectivity index (χ1v) is 8.09. The number of aliphatic carboxylic acids is 1. The lowest BCUT2D eigenvalue weighted by Crippen LogP contribution is -2.41. The minimum Gasteiger partial charge on any atom is -0.481 e. The van der Waals surface area contributed by atoms with Crippen molar-refractivity contribution in [2.75, 3.05) is 6.61 Å². The van der Waals surface area contributed by atoms with Crippen molar-refractivity contribution in [1.82, 2.24) is 0 Å². The molecule has 1 N–H and O–H groups in total. The highest BCUT2D eigenvalue weighted by atomic mass is 16.5. The van der Waals surface area contributed by atoms with Crippen LogP contribution in [0.3, 0.4) is 0 Å². The molecule has 2 aliphatic rings. The molecule has 1 aromatic rings. The number of rotatable bonds is 4. The Morgan fingerprint density at radius 2 is 2.00 bits per heavy atom. The maximum Gasteiger partial charge on any atom is 0.307 e. The number of ether oxygens (including phenoxy) is 1. The zero-order valence-electron chi connectivity index (χ0n) is 12.5. The molecule has 1 saturated heterocycles. The van der Waals surface area contributed by atoms with E-state index in [1.54, 1.807) is 0 Å². The molecule has 3 heteroatoms. The first kappa shape index (κ1) is 14.6. The van der Waals surface area contributed by atoms with Gasteiger partial charge in [-0.25, -0.2) is 0 Å². The molecular formula is C18H24O3. The standard InChI is InChI=1S/C18H24O3/c19-17(20)16(12-14-6-2-1-3-7-14)15-8-11-21-18(13-15)9-4-5-10-18/h1-3,6-7,15-16H,4-5,8-13H2,(H,19,20). The Morgan fingerprint density at radius 1 is 1.29 bits per heavy atom. The van der Waals surface area contributed by atoms with E-state index >= 15 is 0 Å². The average Bonchev–Trinajstić information content (AvgIpc) is 2.93. The minimum absolute atomic E-state index is 0.00664. The summed E-state index contributed by atoms with van der Waals surface area (Å²) in [6.07, 6.45) is 7.12. The van der Waals surface area contributed by atoms with Crippen molar-refractivity contribution in [1.29, 1.82) is 0 Å². The molecule has 1 aromatic carbocycles. The third kappa shape index (κ3) is 3.29. The van der Waals surface area contributed by atoms with Crippen LogP contribution in [0.4, 0.5) is 0 Å². The van der Waals surface area contributed by atoms with Gasteiger partial charge in [-0.15, -0.1) is 0 Å². The van der Waals surface area contributed by atoms with Crippen LogP contribution >= 0.6 is 0 Å². The van der Waals surface area contributed by atoms with E-state index in [-0.39, 0.29) is 17.4 Å². The summed E-state index contributed by atoms with van der Waals surface area (Å²) in [6, 6.07) is 10.00. The number of carboxylic acid groups (broad SMARTS) is 1. The fourth-order valence-corrected chi connectivity index (χ4v) is 4.10. The van der Waals surface area contributed by atoms with Crippen molar-refractivity contribution in [3.8, 4) is 0 Å². The molecule has 1 aliphatic heterocycles. The molecule has 1 spiro atoms. The Labute approximate surface area is 126 Å². The largest absolute Gasteiger partial charge is 0.481 e. The first-order chi connectivity index (χ1) is 10.2. The van der Waals surface area contributed by atoms with E-state index in [4.69, 9.17) is 4.74 Å². The van der Waals surface area contributed by atoms with E-state index in [2.05, 4.69) is 0 Å². The highest BCUT2D eigenvalue weighted by molar-refractivity contribution is 5.70. The lowest BCUT2D eigenvalue weighted by atomic mass is 9.75. The smallest absolute Gasteiger partial charge is 0.307 e.